The van der Waals surface area contributed by atoms with Crippen molar-refractivity contribution in [2.75, 3.05) is 34.5 Å². The molecule has 3 rings (SSSR count). The number of benzene rings is 1. The van der Waals surface area contributed by atoms with Crippen LogP contribution in [0.4, 0.5) is 0 Å². The fourth-order valence-electron chi connectivity index (χ4n) is 3.80. The van der Waals surface area contributed by atoms with Gasteiger partial charge in [-0.3, -0.25) is 4.79 Å². The van der Waals surface area contributed by atoms with E-state index in [-0.39, 0.29) is 24.0 Å². The highest BCUT2D eigenvalue weighted by molar-refractivity contribution is 5.90. The van der Waals surface area contributed by atoms with Crippen LogP contribution in [0, 0.1) is 0 Å². The van der Waals surface area contributed by atoms with Crippen molar-refractivity contribution in [1.82, 2.24) is 4.90 Å². The first-order valence-electron chi connectivity index (χ1n) is 9.42. The molecule has 2 aliphatic heterocycles. The van der Waals surface area contributed by atoms with E-state index in [1.54, 1.807) is 27.4 Å². The predicted molar refractivity (Wildman–Crippen MR) is 103 cm³/mol. The van der Waals surface area contributed by atoms with Crippen molar-refractivity contribution in [3.05, 3.63) is 42.1 Å². The molecule has 0 bridgehead atoms. The zero-order valence-electron chi connectivity index (χ0n) is 16.9. The number of allylic oxidation sites excluding steroid dienone is 1. The monoisotopic (exact) mass is 391 g/mol. The maximum absolute atomic E-state index is 12.2. The topological polar surface area (TPSA) is 66.5 Å². The molecule has 3 atom stereocenters. The molecule has 1 aromatic rings. The third kappa shape index (κ3) is 4.55. The molecule has 28 heavy (non-hydrogen) atoms. The maximum Gasteiger partial charge on any atom is 0.187 e. The molecule has 0 radical (unpaired) electrons. The molecular formula is C21H29NO6. The number of methoxy groups -OCH3 is 3. The Kier molecular flexibility index (Phi) is 6.72. The van der Waals surface area contributed by atoms with Crippen LogP contribution >= 0.6 is 0 Å². The lowest BCUT2D eigenvalue weighted by Gasteiger charge is -2.41. The molecule has 0 aromatic heterocycles. The SMILES string of the molecule is COC[C@@H]1OC(C)([C@H]2CC(=O)C=CN2Cc2ccc(OC)cc2)O[C@H]1COC. The third-order valence-corrected chi connectivity index (χ3v) is 5.22. The van der Waals surface area contributed by atoms with Gasteiger partial charge in [-0.15, -0.1) is 0 Å². The fourth-order valence-corrected chi connectivity index (χ4v) is 3.80. The molecule has 1 saturated heterocycles. The molecular weight excluding hydrogens is 362 g/mol. The van der Waals surface area contributed by atoms with Crippen molar-refractivity contribution in [2.45, 2.75) is 43.9 Å². The average Bonchev–Trinajstić information content (AvgIpc) is 3.01. The lowest BCUT2D eigenvalue weighted by Crippen LogP contribution is -2.52. The van der Waals surface area contributed by atoms with Gasteiger partial charge in [0, 0.05) is 33.4 Å². The van der Waals surface area contributed by atoms with Gasteiger partial charge in [0.1, 0.15) is 18.0 Å². The average molecular weight is 391 g/mol. The van der Waals surface area contributed by atoms with Crippen LogP contribution in [-0.2, 0) is 30.3 Å². The highest BCUT2D eigenvalue weighted by Crippen LogP contribution is 2.37. The van der Waals surface area contributed by atoms with Gasteiger partial charge in [0.05, 0.1) is 26.4 Å². The van der Waals surface area contributed by atoms with Crippen molar-refractivity contribution >= 4 is 5.78 Å². The lowest BCUT2D eigenvalue weighted by atomic mass is 9.97. The summed E-state index contributed by atoms with van der Waals surface area (Å²) < 4.78 is 28.3. The Hall–Kier alpha value is -1.93. The molecule has 0 N–H and O–H groups in total. The Labute approximate surface area is 166 Å². The van der Waals surface area contributed by atoms with Crippen LogP contribution in [0.2, 0.25) is 0 Å². The molecule has 0 saturated carbocycles. The van der Waals surface area contributed by atoms with Gasteiger partial charge < -0.3 is 28.6 Å². The third-order valence-electron chi connectivity index (χ3n) is 5.22. The zero-order valence-corrected chi connectivity index (χ0v) is 16.9. The summed E-state index contributed by atoms with van der Waals surface area (Å²) in [5.74, 6) is -0.0778. The largest absolute Gasteiger partial charge is 0.497 e. The van der Waals surface area contributed by atoms with E-state index in [1.807, 2.05) is 37.4 Å². The van der Waals surface area contributed by atoms with Gasteiger partial charge in [-0.2, -0.15) is 0 Å². The number of carbonyl (C=O) groups is 1. The van der Waals surface area contributed by atoms with E-state index in [4.69, 9.17) is 23.7 Å². The standard InChI is InChI=1S/C21H29NO6/c1-21(27-18(13-24-2)19(28-21)14-25-3)20-11-16(23)9-10-22(20)12-15-5-7-17(26-4)8-6-15/h5-10,18-20H,11-14H2,1-4H3/t18-,19-,20+/m0/s1. The van der Waals surface area contributed by atoms with Gasteiger partial charge in [0.15, 0.2) is 11.6 Å². The van der Waals surface area contributed by atoms with Crippen molar-refractivity contribution in [1.29, 1.82) is 0 Å². The van der Waals surface area contributed by atoms with Crippen molar-refractivity contribution < 1.29 is 28.5 Å². The zero-order chi connectivity index (χ0) is 20.1. The first-order valence-corrected chi connectivity index (χ1v) is 9.42. The number of ether oxygens (including phenoxy) is 5. The fraction of sp³-hybridized carbons (Fsp3) is 0.571. The summed E-state index contributed by atoms with van der Waals surface area (Å²) >= 11 is 0. The summed E-state index contributed by atoms with van der Waals surface area (Å²) in [6.07, 6.45) is 3.26. The van der Waals surface area contributed by atoms with Gasteiger partial charge in [0.2, 0.25) is 0 Å². The Morgan fingerprint density at radius 1 is 1.07 bits per heavy atom. The summed E-state index contributed by atoms with van der Waals surface area (Å²) in [6.45, 7) is 3.32. The van der Waals surface area contributed by atoms with E-state index in [2.05, 4.69) is 4.90 Å². The maximum atomic E-state index is 12.2. The first kappa shape index (κ1) is 20.8. The van der Waals surface area contributed by atoms with Crippen LogP contribution < -0.4 is 4.74 Å². The number of carbonyl (C=O) groups excluding carboxylic acids is 1. The second kappa shape index (κ2) is 9.05. The Balaban J connectivity index is 1.80. The number of hydrogen-bond donors (Lipinski definition) is 0. The predicted octanol–water partition coefficient (Wildman–Crippen LogP) is 2.15. The molecule has 0 spiro atoms. The molecule has 0 amide bonds. The minimum Gasteiger partial charge on any atom is -0.497 e. The van der Waals surface area contributed by atoms with E-state index >= 15 is 0 Å². The summed E-state index contributed by atoms with van der Waals surface area (Å²) in [4.78, 5) is 14.3. The smallest absolute Gasteiger partial charge is 0.187 e. The number of rotatable bonds is 8. The molecule has 0 aliphatic carbocycles. The van der Waals surface area contributed by atoms with Gasteiger partial charge in [0.25, 0.3) is 0 Å². The first-order chi connectivity index (χ1) is 13.5. The minimum absolute atomic E-state index is 0.0582. The van der Waals surface area contributed by atoms with Crippen LogP contribution in [-0.4, -0.2) is 69.3 Å². The van der Waals surface area contributed by atoms with E-state index < -0.39 is 5.79 Å². The van der Waals surface area contributed by atoms with Crippen molar-refractivity contribution in [3.8, 4) is 5.75 Å². The number of nitrogens with zero attached hydrogens (tertiary/aromatic N) is 1. The minimum atomic E-state index is -0.945. The lowest BCUT2D eigenvalue weighted by molar-refractivity contribution is -0.207. The highest BCUT2D eigenvalue weighted by Gasteiger charge is 2.51. The van der Waals surface area contributed by atoms with Crippen LogP contribution in [0.5, 0.6) is 5.75 Å². The molecule has 7 heteroatoms. The Bertz CT molecular complexity index is 675. The highest BCUT2D eigenvalue weighted by atomic mass is 16.8. The van der Waals surface area contributed by atoms with E-state index in [0.717, 1.165) is 11.3 Å². The second-order valence-electron chi connectivity index (χ2n) is 7.26. The number of hydrogen-bond acceptors (Lipinski definition) is 7. The van der Waals surface area contributed by atoms with E-state index in [9.17, 15) is 4.79 Å². The van der Waals surface area contributed by atoms with Gasteiger partial charge in [-0.1, -0.05) is 12.1 Å². The molecule has 154 valence electrons. The van der Waals surface area contributed by atoms with Crippen LogP contribution in [0.15, 0.2) is 36.5 Å². The molecule has 2 aliphatic rings. The number of ketones is 1. The van der Waals surface area contributed by atoms with Crippen molar-refractivity contribution in [2.24, 2.45) is 0 Å². The normalized spacial score (nSPS) is 26.6. The Morgan fingerprint density at radius 2 is 1.68 bits per heavy atom. The molecule has 7 nitrogen and oxygen atoms in total. The second-order valence-corrected chi connectivity index (χ2v) is 7.26. The van der Waals surface area contributed by atoms with Crippen LogP contribution in [0.3, 0.4) is 0 Å². The van der Waals surface area contributed by atoms with E-state index in [1.165, 1.54) is 0 Å². The van der Waals surface area contributed by atoms with Crippen LogP contribution in [0.1, 0.15) is 18.9 Å². The van der Waals surface area contributed by atoms with Gasteiger partial charge >= 0.3 is 0 Å². The summed E-state index contributed by atoms with van der Waals surface area (Å²) in [5, 5.41) is 0. The molecule has 1 aromatic carbocycles. The van der Waals surface area contributed by atoms with Crippen molar-refractivity contribution in [3.63, 3.8) is 0 Å². The van der Waals surface area contributed by atoms with Gasteiger partial charge in [-0.05, 0) is 30.7 Å². The quantitative estimate of drug-likeness (QED) is 0.673. The van der Waals surface area contributed by atoms with Crippen LogP contribution in [0.25, 0.3) is 0 Å². The molecule has 0 unspecified atom stereocenters. The summed E-state index contributed by atoms with van der Waals surface area (Å²) in [7, 11) is 4.91. The van der Waals surface area contributed by atoms with Gasteiger partial charge in [-0.25, -0.2) is 0 Å². The Morgan fingerprint density at radius 3 is 2.21 bits per heavy atom. The summed E-state index contributed by atoms with van der Waals surface area (Å²) in [5.41, 5.74) is 1.10. The van der Waals surface area contributed by atoms with E-state index in [0.29, 0.717) is 26.2 Å². The molecule has 2 heterocycles. The molecule has 1 fully saturated rings. The summed E-state index contributed by atoms with van der Waals surface area (Å²) in [6, 6.07) is 7.63.